The van der Waals surface area contributed by atoms with Gasteiger partial charge >= 0.3 is 0 Å². The van der Waals surface area contributed by atoms with Crippen molar-refractivity contribution in [3.05, 3.63) is 22.4 Å². The van der Waals surface area contributed by atoms with Crippen molar-refractivity contribution < 1.29 is 4.74 Å². The Morgan fingerprint density at radius 3 is 3.17 bits per heavy atom. The Kier molecular flexibility index (Phi) is 5.48. The molecule has 1 nitrogen and oxygen atoms in total. The quantitative estimate of drug-likeness (QED) is 0.656. The molecule has 0 saturated carbocycles. The number of hydrogen-bond acceptors (Lipinski definition) is 3. The van der Waals surface area contributed by atoms with Crippen LogP contribution in [0.4, 0.5) is 0 Å². The lowest BCUT2D eigenvalue weighted by molar-refractivity contribution is 0.164. The highest BCUT2D eigenvalue weighted by molar-refractivity contribution is 7.98. The highest BCUT2D eigenvalue weighted by Crippen LogP contribution is 2.16. The van der Waals surface area contributed by atoms with Crippen molar-refractivity contribution in [2.45, 2.75) is 12.7 Å². The van der Waals surface area contributed by atoms with E-state index >= 15 is 0 Å². The number of hydrogen-bond donors (Lipinski definition) is 0. The van der Waals surface area contributed by atoms with Crippen molar-refractivity contribution in [2.75, 3.05) is 19.0 Å². The molecule has 0 fully saturated rings. The van der Waals surface area contributed by atoms with Crippen LogP contribution >= 0.6 is 23.1 Å². The maximum atomic E-state index is 5.24. The molecule has 0 atom stereocenters. The molecule has 0 spiro atoms. The molecule has 3 heteroatoms. The van der Waals surface area contributed by atoms with Crippen LogP contribution < -0.4 is 0 Å². The predicted molar refractivity (Wildman–Crippen MR) is 57.0 cm³/mol. The molecule has 1 rings (SSSR count). The zero-order valence-electron chi connectivity index (χ0n) is 7.29. The van der Waals surface area contributed by atoms with Gasteiger partial charge < -0.3 is 4.74 Å². The molecule has 0 aromatic carbocycles. The molecule has 0 saturated heterocycles. The van der Waals surface area contributed by atoms with E-state index in [0.717, 1.165) is 24.7 Å². The summed E-state index contributed by atoms with van der Waals surface area (Å²) < 4.78 is 5.24. The van der Waals surface area contributed by atoms with Gasteiger partial charge in [0.05, 0.1) is 6.61 Å². The summed E-state index contributed by atoms with van der Waals surface area (Å²) in [6.45, 7) is 3.75. The van der Waals surface area contributed by atoms with E-state index in [-0.39, 0.29) is 0 Å². The number of ether oxygens (including phenoxy) is 1. The molecule has 0 N–H and O–H groups in total. The van der Waals surface area contributed by atoms with E-state index in [9.17, 15) is 0 Å². The van der Waals surface area contributed by atoms with Crippen LogP contribution in [0.1, 0.15) is 11.8 Å². The van der Waals surface area contributed by atoms with Gasteiger partial charge in [0.15, 0.2) is 0 Å². The van der Waals surface area contributed by atoms with Gasteiger partial charge in [-0.3, -0.25) is 0 Å². The molecule has 0 aliphatic heterocycles. The van der Waals surface area contributed by atoms with Crippen molar-refractivity contribution in [1.82, 2.24) is 0 Å². The second kappa shape index (κ2) is 6.52. The monoisotopic (exact) mass is 202 g/mol. The molecule has 1 aromatic heterocycles. The van der Waals surface area contributed by atoms with E-state index in [1.807, 2.05) is 30.0 Å². The van der Waals surface area contributed by atoms with Gasteiger partial charge in [0.1, 0.15) is 0 Å². The lowest BCUT2D eigenvalue weighted by Gasteiger charge is -1.99. The fourth-order valence-corrected chi connectivity index (χ4v) is 2.52. The molecular formula is C9H14OS2. The minimum atomic E-state index is 0.833. The molecule has 0 unspecified atom stereocenters. The van der Waals surface area contributed by atoms with Crippen LogP contribution in [0, 0.1) is 0 Å². The van der Waals surface area contributed by atoms with Crippen molar-refractivity contribution in [3.8, 4) is 0 Å². The zero-order chi connectivity index (χ0) is 8.65. The topological polar surface area (TPSA) is 9.23 Å². The zero-order valence-corrected chi connectivity index (χ0v) is 8.92. The van der Waals surface area contributed by atoms with Gasteiger partial charge in [0.2, 0.25) is 0 Å². The lowest BCUT2D eigenvalue weighted by atomic mass is 10.5. The fraction of sp³-hybridized carbons (Fsp3) is 0.556. The summed E-state index contributed by atoms with van der Waals surface area (Å²) in [5, 5.41) is 2.12. The van der Waals surface area contributed by atoms with Gasteiger partial charge in [-0.2, -0.15) is 11.8 Å². The first-order valence-corrected chi connectivity index (χ1v) is 6.14. The first kappa shape index (κ1) is 10.1. The van der Waals surface area contributed by atoms with Crippen LogP contribution in [0.3, 0.4) is 0 Å². The number of rotatable bonds is 6. The first-order chi connectivity index (χ1) is 5.93. The first-order valence-electron chi connectivity index (χ1n) is 4.11. The average molecular weight is 202 g/mol. The Bertz CT molecular complexity index is 184. The Hall–Kier alpha value is 0.01000. The van der Waals surface area contributed by atoms with Crippen molar-refractivity contribution in [2.24, 2.45) is 0 Å². The standard InChI is InChI=1S/C9H14OS2/c1-2-10-5-7-11-8-9-4-3-6-12-9/h3-4,6H,2,5,7-8H2,1H3. The van der Waals surface area contributed by atoms with Gasteiger partial charge in [-0.1, -0.05) is 6.07 Å². The van der Waals surface area contributed by atoms with Gasteiger partial charge in [-0.15, -0.1) is 11.3 Å². The second-order valence-electron chi connectivity index (χ2n) is 2.33. The summed E-state index contributed by atoms with van der Waals surface area (Å²) in [5.74, 6) is 2.23. The van der Waals surface area contributed by atoms with Crippen molar-refractivity contribution in [1.29, 1.82) is 0 Å². The third kappa shape index (κ3) is 4.14. The molecule has 1 heterocycles. The minimum absolute atomic E-state index is 0.833. The van der Waals surface area contributed by atoms with Gasteiger partial charge in [-0.05, 0) is 18.4 Å². The lowest BCUT2D eigenvalue weighted by Crippen LogP contribution is -1.95. The molecule has 0 radical (unpaired) electrons. The summed E-state index contributed by atoms with van der Waals surface area (Å²) in [7, 11) is 0. The molecule has 0 bridgehead atoms. The van der Waals surface area contributed by atoms with E-state index in [0.29, 0.717) is 0 Å². The SMILES string of the molecule is CCOCCSCc1cccs1. The summed E-state index contributed by atoms with van der Waals surface area (Å²) in [5.41, 5.74) is 0. The maximum absolute atomic E-state index is 5.24. The average Bonchev–Trinajstić information content (AvgIpc) is 2.57. The number of thiophene rings is 1. The van der Waals surface area contributed by atoms with E-state index in [1.54, 1.807) is 0 Å². The largest absolute Gasteiger partial charge is 0.381 e. The number of thioether (sulfide) groups is 1. The predicted octanol–water partition coefficient (Wildman–Crippen LogP) is 3.02. The Balaban J connectivity index is 1.96. The molecule has 12 heavy (non-hydrogen) atoms. The molecule has 1 aromatic rings. The van der Waals surface area contributed by atoms with Gasteiger partial charge in [0, 0.05) is 23.0 Å². The van der Waals surface area contributed by atoms with E-state index < -0.39 is 0 Å². The molecule has 0 amide bonds. The Morgan fingerprint density at radius 1 is 1.58 bits per heavy atom. The highest BCUT2D eigenvalue weighted by atomic mass is 32.2. The summed E-state index contributed by atoms with van der Waals surface area (Å²) >= 11 is 3.76. The van der Waals surface area contributed by atoms with Crippen LogP contribution in [0.25, 0.3) is 0 Å². The fourth-order valence-electron chi connectivity index (χ4n) is 0.830. The molecular weight excluding hydrogens is 188 g/mol. The van der Waals surface area contributed by atoms with E-state index in [2.05, 4.69) is 17.5 Å². The molecule has 68 valence electrons. The summed E-state index contributed by atoms with van der Waals surface area (Å²) in [6, 6.07) is 4.28. The van der Waals surface area contributed by atoms with E-state index in [4.69, 9.17) is 4.74 Å². The van der Waals surface area contributed by atoms with Crippen LogP contribution in [0.15, 0.2) is 17.5 Å². The Labute approximate surface area is 82.1 Å². The van der Waals surface area contributed by atoms with Gasteiger partial charge in [0.25, 0.3) is 0 Å². The second-order valence-corrected chi connectivity index (χ2v) is 4.47. The smallest absolute Gasteiger partial charge is 0.0556 e. The van der Waals surface area contributed by atoms with Crippen LogP contribution in [-0.4, -0.2) is 19.0 Å². The Morgan fingerprint density at radius 2 is 2.50 bits per heavy atom. The minimum Gasteiger partial charge on any atom is -0.381 e. The molecule has 0 aliphatic rings. The highest BCUT2D eigenvalue weighted by Gasteiger charge is 1.93. The van der Waals surface area contributed by atoms with Gasteiger partial charge in [-0.25, -0.2) is 0 Å². The normalized spacial score (nSPS) is 10.4. The third-order valence-electron chi connectivity index (χ3n) is 1.40. The maximum Gasteiger partial charge on any atom is 0.0556 e. The van der Waals surface area contributed by atoms with Crippen molar-refractivity contribution in [3.63, 3.8) is 0 Å². The summed E-state index contributed by atoms with van der Waals surface area (Å²) in [4.78, 5) is 1.46. The molecule has 0 aliphatic carbocycles. The van der Waals surface area contributed by atoms with Crippen LogP contribution in [0.2, 0.25) is 0 Å². The van der Waals surface area contributed by atoms with Crippen LogP contribution in [0.5, 0.6) is 0 Å². The van der Waals surface area contributed by atoms with E-state index in [1.165, 1.54) is 4.88 Å². The van der Waals surface area contributed by atoms with Crippen molar-refractivity contribution >= 4 is 23.1 Å². The summed E-state index contributed by atoms with van der Waals surface area (Å²) in [6.07, 6.45) is 0. The van der Waals surface area contributed by atoms with Crippen LogP contribution in [-0.2, 0) is 10.5 Å². The third-order valence-corrected chi connectivity index (χ3v) is 3.43.